The van der Waals surface area contributed by atoms with Crippen LogP contribution >= 0.6 is 11.3 Å². The quantitative estimate of drug-likeness (QED) is 0.758. The Labute approximate surface area is 103 Å². The van der Waals surface area contributed by atoms with Gasteiger partial charge in [0.2, 0.25) is 0 Å². The number of rotatable bonds is 8. The van der Waals surface area contributed by atoms with Gasteiger partial charge in [-0.1, -0.05) is 20.3 Å². The standard InChI is InChI=1S/C12H23N3S/c1-4-6-7-15(5-2)9-11-10-16-12(14-11)8-13-3/h10,13H,4-9H2,1-3H3. The second-order valence-corrected chi connectivity index (χ2v) is 4.93. The molecule has 92 valence electrons. The second-order valence-electron chi connectivity index (χ2n) is 3.99. The molecule has 0 fully saturated rings. The summed E-state index contributed by atoms with van der Waals surface area (Å²) in [4.78, 5) is 7.07. The molecule has 0 unspecified atom stereocenters. The lowest BCUT2D eigenvalue weighted by molar-refractivity contribution is 0.272. The molecular formula is C12H23N3S. The van der Waals surface area contributed by atoms with Crippen molar-refractivity contribution in [2.45, 2.75) is 39.8 Å². The number of hydrogen-bond donors (Lipinski definition) is 1. The maximum absolute atomic E-state index is 4.61. The molecule has 1 aromatic rings. The van der Waals surface area contributed by atoms with Gasteiger partial charge in [0.1, 0.15) is 5.01 Å². The summed E-state index contributed by atoms with van der Waals surface area (Å²) in [6.45, 7) is 8.63. The summed E-state index contributed by atoms with van der Waals surface area (Å²) >= 11 is 1.75. The molecule has 0 atom stereocenters. The van der Waals surface area contributed by atoms with Crippen molar-refractivity contribution in [1.82, 2.24) is 15.2 Å². The van der Waals surface area contributed by atoms with Gasteiger partial charge < -0.3 is 5.32 Å². The lowest BCUT2D eigenvalue weighted by Gasteiger charge is -2.18. The summed E-state index contributed by atoms with van der Waals surface area (Å²) < 4.78 is 0. The van der Waals surface area contributed by atoms with Crippen molar-refractivity contribution in [2.75, 3.05) is 20.1 Å². The largest absolute Gasteiger partial charge is 0.314 e. The average molecular weight is 241 g/mol. The molecule has 0 amide bonds. The smallest absolute Gasteiger partial charge is 0.107 e. The molecule has 0 aliphatic rings. The van der Waals surface area contributed by atoms with Gasteiger partial charge in [0.25, 0.3) is 0 Å². The van der Waals surface area contributed by atoms with E-state index in [0.29, 0.717) is 0 Å². The molecule has 0 aliphatic carbocycles. The van der Waals surface area contributed by atoms with Gasteiger partial charge in [-0.15, -0.1) is 11.3 Å². The summed E-state index contributed by atoms with van der Waals surface area (Å²) in [5.41, 5.74) is 1.22. The van der Waals surface area contributed by atoms with Gasteiger partial charge in [-0.05, 0) is 26.6 Å². The van der Waals surface area contributed by atoms with Crippen molar-refractivity contribution < 1.29 is 0 Å². The Morgan fingerprint density at radius 3 is 2.88 bits per heavy atom. The van der Waals surface area contributed by atoms with E-state index in [4.69, 9.17) is 0 Å². The molecule has 0 aliphatic heterocycles. The van der Waals surface area contributed by atoms with Crippen molar-refractivity contribution in [1.29, 1.82) is 0 Å². The van der Waals surface area contributed by atoms with Gasteiger partial charge in [-0.3, -0.25) is 4.90 Å². The Bertz CT molecular complexity index is 286. The molecule has 0 saturated heterocycles. The maximum Gasteiger partial charge on any atom is 0.107 e. The van der Waals surface area contributed by atoms with Crippen molar-refractivity contribution >= 4 is 11.3 Å². The van der Waals surface area contributed by atoms with Crippen LogP contribution in [0.25, 0.3) is 0 Å². The highest BCUT2D eigenvalue weighted by atomic mass is 32.1. The molecule has 0 bridgehead atoms. The highest BCUT2D eigenvalue weighted by Gasteiger charge is 2.06. The minimum Gasteiger partial charge on any atom is -0.314 e. The van der Waals surface area contributed by atoms with Crippen molar-refractivity contribution in [3.8, 4) is 0 Å². The third kappa shape index (κ3) is 4.60. The summed E-state index contributed by atoms with van der Waals surface area (Å²) in [5.74, 6) is 0. The van der Waals surface area contributed by atoms with E-state index in [0.717, 1.165) is 19.6 Å². The number of hydrogen-bond acceptors (Lipinski definition) is 4. The van der Waals surface area contributed by atoms with E-state index in [1.807, 2.05) is 7.05 Å². The molecule has 0 radical (unpaired) electrons. The Kier molecular flexibility index (Phi) is 6.61. The highest BCUT2D eigenvalue weighted by Crippen LogP contribution is 2.12. The van der Waals surface area contributed by atoms with Crippen LogP contribution in [0.1, 0.15) is 37.4 Å². The predicted octanol–water partition coefficient (Wildman–Crippen LogP) is 2.48. The van der Waals surface area contributed by atoms with Crippen LogP contribution < -0.4 is 5.32 Å². The SMILES string of the molecule is CCCCN(CC)Cc1csc(CNC)n1. The van der Waals surface area contributed by atoms with Crippen LogP contribution in [0, 0.1) is 0 Å². The van der Waals surface area contributed by atoms with E-state index in [1.54, 1.807) is 11.3 Å². The van der Waals surface area contributed by atoms with Gasteiger partial charge in [-0.25, -0.2) is 4.98 Å². The Hall–Kier alpha value is -0.450. The van der Waals surface area contributed by atoms with Crippen LogP contribution in [0.4, 0.5) is 0 Å². The fourth-order valence-corrected chi connectivity index (χ4v) is 2.41. The Morgan fingerprint density at radius 2 is 2.25 bits per heavy atom. The zero-order chi connectivity index (χ0) is 11.8. The third-order valence-corrected chi connectivity index (χ3v) is 3.49. The Morgan fingerprint density at radius 1 is 1.44 bits per heavy atom. The third-order valence-electron chi connectivity index (χ3n) is 2.59. The normalized spacial score (nSPS) is 11.2. The lowest BCUT2D eigenvalue weighted by Crippen LogP contribution is -2.24. The van der Waals surface area contributed by atoms with E-state index < -0.39 is 0 Å². The maximum atomic E-state index is 4.61. The molecule has 16 heavy (non-hydrogen) atoms. The van der Waals surface area contributed by atoms with Gasteiger partial charge in [0.15, 0.2) is 0 Å². The Balaban J connectivity index is 2.43. The first-order valence-electron chi connectivity index (χ1n) is 6.10. The van der Waals surface area contributed by atoms with Crippen LogP contribution in [0.3, 0.4) is 0 Å². The van der Waals surface area contributed by atoms with Crippen molar-refractivity contribution in [2.24, 2.45) is 0 Å². The lowest BCUT2D eigenvalue weighted by atomic mass is 10.3. The zero-order valence-corrected chi connectivity index (χ0v) is 11.4. The molecule has 1 N–H and O–H groups in total. The van der Waals surface area contributed by atoms with E-state index in [1.165, 1.54) is 30.1 Å². The van der Waals surface area contributed by atoms with Crippen molar-refractivity contribution in [3.63, 3.8) is 0 Å². The summed E-state index contributed by atoms with van der Waals surface area (Å²) in [5, 5.41) is 6.50. The second kappa shape index (κ2) is 7.76. The molecule has 0 saturated carbocycles. The van der Waals surface area contributed by atoms with Crippen LogP contribution in [-0.4, -0.2) is 30.0 Å². The number of nitrogens with zero attached hydrogens (tertiary/aromatic N) is 2. The monoisotopic (exact) mass is 241 g/mol. The van der Waals surface area contributed by atoms with Crippen LogP contribution in [0.2, 0.25) is 0 Å². The summed E-state index contributed by atoms with van der Waals surface area (Å²) in [6.07, 6.45) is 2.54. The fourth-order valence-electron chi connectivity index (χ4n) is 1.61. The van der Waals surface area contributed by atoms with E-state index in [-0.39, 0.29) is 0 Å². The number of unbranched alkanes of at least 4 members (excludes halogenated alkanes) is 1. The number of thiazole rings is 1. The molecule has 3 nitrogen and oxygen atoms in total. The molecular weight excluding hydrogens is 218 g/mol. The number of nitrogens with one attached hydrogen (secondary N) is 1. The van der Waals surface area contributed by atoms with Gasteiger partial charge >= 0.3 is 0 Å². The molecule has 4 heteroatoms. The first-order valence-corrected chi connectivity index (χ1v) is 6.98. The zero-order valence-electron chi connectivity index (χ0n) is 10.6. The van der Waals surface area contributed by atoms with Crippen LogP contribution in [-0.2, 0) is 13.1 Å². The predicted molar refractivity (Wildman–Crippen MR) is 70.7 cm³/mol. The minimum absolute atomic E-state index is 0.881. The molecule has 0 spiro atoms. The first-order chi connectivity index (χ1) is 7.80. The molecule has 1 rings (SSSR count). The van der Waals surface area contributed by atoms with Crippen LogP contribution in [0.5, 0.6) is 0 Å². The molecule has 1 aromatic heterocycles. The molecule has 0 aromatic carbocycles. The van der Waals surface area contributed by atoms with Gasteiger partial charge in [0.05, 0.1) is 5.69 Å². The molecule has 1 heterocycles. The van der Waals surface area contributed by atoms with E-state index in [9.17, 15) is 0 Å². The fraction of sp³-hybridized carbons (Fsp3) is 0.750. The summed E-state index contributed by atoms with van der Waals surface area (Å²) in [7, 11) is 1.96. The first kappa shape index (κ1) is 13.6. The highest BCUT2D eigenvalue weighted by molar-refractivity contribution is 7.09. The van der Waals surface area contributed by atoms with E-state index >= 15 is 0 Å². The number of aromatic nitrogens is 1. The topological polar surface area (TPSA) is 28.2 Å². The average Bonchev–Trinajstić information content (AvgIpc) is 2.72. The minimum atomic E-state index is 0.881. The van der Waals surface area contributed by atoms with Gasteiger partial charge in [-0.2, -0.15) is 0 Å². The van der Waals surface area contributed by atoms with Gasteiger partial charge in [0, 0.05) is 18.5 Å². The van der Waals surface area contributed by atoms with Crippen LogP contribution in [0.15, 0.2) is 5.38 Å². The van der Waals surface area contributed by atoms with Crippen molar-refractivity contribution in [3.05, 3.63) is 16.1 Å². The van der Waals surface area contributed by atoms with E-state index in [2.05, 4.69) is 34.4 Å². The summed E-state index contributed by atoms with van der Waals surface area (Å²) in [6, 6.07) is 0.